The van der Waals surface area contributed by atoms with Gasteiger partial charge in [-0.3, -0.25) is 14.4 Å². The zero-order valence-electron chi connectivity index (χ0n) is 43.0. The summed E-state index contributed by atoms with van der Waals surface area (Å²) in [6, 6.07) is 0. The van der Waals surface area contributed by atoms with E-state index in [1.807, 2.05) is 0 Å². The number of carbonyl (C=O) groups is 3. The highest BCUT2D eigenvalue weighted by Crippen LogP contribution is 2.18. The average molecular weight is 892 g/mol. The summed E-state index contributed by atoms with van der Waals surface area (Å²) in [5.41, 5.74) is 0. The van der Waals surface area contributed by atoms with Gasteiger partial charge in [0.2, 0.25) is 0 Å². The molecule has 0 aromatic heterocycles. The first-order chi connectivity index (χ1) is 30.9. The number of unbranched alkanes of at least 4 members (excludes halogenated alkanes) is 39. The second kappa shape index (κ2) is 51.4. The van der Waals surface area contributed by atoms with Crippen LogP contribution < -0.4 is 0 Å². The molecule has 374 valence electrons. The van der Waals surface area contributed by atoms with E-state index in [4.69, 9.17) is 14.2 Å². The first kappa shape index (κ1) is 61.4. The molecule has 0 aliphatic carbocycles. The summed E-state index contributed by atoms with van der Waals surface area (Å²) in [7, 11) is 0. The Hall–Kier alpha value is -1.59. The summed E-state index contributed by atoms with van der Waals surface area (Å²) in [5.74, 6) is -0.0123. The predicted molar refractivity (Wildman–Crippen MR) is 270 cm³/mol. The van der Waals surface area contributed by atoms with Crippen molar-refractivity contribution in [2.75, 3.05) is 13.2 Å². The molecule has 0 bridgehead atoms. The van der Waals surface area contributed by atoms with E-state index in [2.05, 4.69) is 27.7 Å². The fourth-order valence-corrected chi connectivity index (χ4v) is 8.75. The Morgan fingerprint density at radius 1 is 0.302 bits per heavy atom. The minimum atomic E-state index is -0.761. The van der Waals surface area contributed by atoms with Gasteiger partial charge in [-0.1, -0.05) is 285 Å². The molecule has 0 amide bonds. The van der Waals surface area contributed by atoms with Gasteiger partial charge in [-0.25, -0.2) is 0 Å². The van der Waals surface area contributed by atoms with Gasteiger partial charge in [-0.15, -0.1) is 0 Å². The lowest BCUT2D eigenvalue weighted by molar-refractivity contribution is -0.167. The highest BCUT2D eigenvalue weighted by Gasteiger charge is 2.19. The lowest BCUT2D eigenvalue weighted by atomic mass is 10.0. The highest BCUT2D eigenvalue weighted by atomic mass is 16.6. The Morgan fingerprint density at radius 3 is 0.778 bits per heavy atom. The third-order valence-electron chi connectivity index (χ3n) is 13.0. The summed E-state index contributed by atoms with van der Waals surface area (Å²) in [6.07, 6.45) is 55.2. The summed E-state index contributed by atoms with van der Waals surface area (Å²) >= 11 is 0. The van der Waals surface area contributed by atoms with Crippen LogP contribution in [0.4, 0.5) is 0 Å². The lowest BCUT2D eigenvalue weighted by Gasteiger charge is -2.18. The smallest absolute Gasteiger partial charge is 0.306 e. The zero-order valence-corrected chi connectivity index (χ0v) is 43.0. The third kappa shape index (κ3) is 51.3. The minimum absolute atomic E-state index is 0.0621. The van der Waals surface area contributed by atoms with Crippen LogP contribution in [0.25, 0.3) is 0 Å². The minimum Gasteiger partial charge on any atom is -0.462 e. The van der Waals surface area contributed by atoms with Crippen LogP contribution in [0.5, 0.6) is 0 Å². The predicted octanol–water partition coefficient (Wildman–Crippen LogP) is 18.6. The first-order valence-electron chi connectivity index (χ1n) is 28.4. The van der Waals surface area contributed by atoms with Gasteiger partial charge in [-0.05, 0) is 25.2 Å². The van der Waals surface area contributed by atoms with Crippen molar-refractivity contribution < 1.29 is 28.6 Å². The van der Waals surface area contributed by atoms with E-state index in [-0.39, 0.29) is 31.1 Å². The molecule has 6 heteroatoms. The van der Waals surface area contributed by atoms with Gasteiger partial charge in [0.1, 0.15) is 13.2 Å². The average Bonchev–Trinajstić information content (AvgIpc) is 3.27. The molecule has 6 nitrogen and oxygen atoms in total. The molecule has 0 saturated heterocycles. The molecule has 63 heavy (non-hydrogen) atoms. The molecule has 0 aliphatic rings. The fraction of sp³-hybridized carbons (Fsp3) is 0.947. The van der Waals surface area contributed by atoms with Crippen LogP contribution in [-0.2, 0) is 28.6 Å². The Morgan fingerprint density at radius 2 is 0.524 bits per heavy atom. The normalized spacial score (nSPS) is 12.0. The molecule has 0 fully saturated rings. The Balaban J connectivity index is 4.29. The second-order valence-corrected chi connectivity index (χ2v) is 20.1. The van der Waals surface area contributed by atoms with E-state index >= 15 is 0 Å². The molecule has 0 aromatic carbocycles. The molecule has 0 rings (SSSR count). The van der Waals surface area contributed by atoms with E-state index in [9.17, 15) is 14.4 Å². The van der Waals surface area contributed by atoms with Gasteiger partial charge in [0.15, 0.2) is 6.10 Å². The molecule has 0 radical (unpaired) electrons. The molecule has 0 spiro atoms. The monoisotopic (exact) mass is 891 g/mol. The maximum atomic E-state index is 12.8. The van der Waals surface area contributed by atoms with E-state index in [1.165, 1.54) is 218 Å². The first-order valence-corrected chi connectivity index (χ1v) is 28.4. The van der Waals surface area contributed by atoms with Gasteiger partial charge in [0.05, 0.1) is 0 Å². The van der Waals surface area contributed by atoms with Gasteiger partial charge >= 0.3 is 17.9 Å². The Bertz CT molecular complexity index is 949. The van der Waals surface area contributed by atoms with E-state index in [0.717, 1.165) is 63.7 Å². The molecule has 0 unspecified atom stereocenters. The van der Waals surface area contributed by atoms with Crippen molar-refractivity contribution in [2.24, 2.45) is 5.92 Å². The number of carbonyl (C=O) groups excluding carboxylic acids is 3. The summed E-state index contributed by atoms with van der Waals surface area (Å²) < 4.78 is 16.9. The van der Waals surface area contributed by atoms with Crippen LogP contribution in [0.3, 0.4) is 0 Å². The fourth-order valence-electron chi connectivity index (χ4n) is 8.75. The van der Waals surface area contributed by atoms with Crippen molar-refractivity contribution in [3.05, 3.63) is 0 Å². The summed E-state index contributed by atoms with van der Waals surface area (Å²) in [5, 5.41) is 0. The van der Waals surface area contributed by atoms with Gasteiger partial charge in [-0.2, -0.15) is 0 Å². The maximum Gasteiger partial charge on any atom is 0.306 e. The zero-order chi connectivity index (χ0) is 45.9. The molecular weight excluding hydrogens is 781 g/mol. The van der Waals surface area contributed by atoms with Crippen molar-refractivity contribution in [1.82, 2.24) is 0 Å². The van der Waals surface area contributed by atoms with Crippen molar-refractivity contribution in [3.8, 4) is 0 Å². The number of rotatable bonds is 52. The topological polar surface area (TPSA) is 78.9 Å². The number of hydrogen-bond acceptors (Lipinski definition) is 6. The molecular formula is C57H110O6. The van der Waals surface area contributed by atoms with Crippen molar-refractivity contribution >= 4 is 17.9 Å². The van der Waals surface area contributed by atoms with Crippen LogP contribution in [0.15, 0.2) is 0 Å². The number of hydrogen-bond donors (Lipinski definition) is 0. The number of esters is 3. The van der Waals surface area contributed by atoms with Crippen molar-refractivity contribution in [2.45, 2.75) is 329 Å². The third-order valence-corrected chi connectivity index (χ3v) is 13.0. The van der Waals surface area contributed by atoms with Gasteiger partial charge in [0, 0.05) is 19.3 Å². The Labute approximate surface area is 393 Å². The van der Waals surface area contributed by atoms with Crippen LogP contribution in [-0.4, -0.2) is 37.2 Å². The molecule has 0 aliphatic heterocycles. The quantitative estimate of drug-likeness (QED) is 0.0344. The standard InChI is InChI=1S/C57H110O6/c1-5-7-9-11-13-15-17-19-21-22-23-25-29-33-37-41-45-49-56(59)62-52-54(63-57(60)50-46-42-38-34-30-26-27-31-35-39-43-47-53(3)4)51-61-55(58)48-44-40-36-32-28-24-20-18-16-14-12-10-8-6-2/h53-54H,5-52H2,1-4H3/t54-/m0/s1. The van der Waals surface area contributed by atoms with Crippen LogP contribution >= 0.6 is 0 Å². The molecule has 0 N–H and O–H groups in total. The summed E-state index contributed by atoms with van der Waals surface area (Å²) in [6.45, 7) is 9.05. The van der Waals surface area contributed by atoms with E-state index in [1.54, 1.807) is 0 Å². The largest absolute Gasteiger partial charge is 0.462 e. The van der Waals surface area contributed by atoms with Crippen LogP contribution in [0, 0.1) is 5.92 Å². The van der Waals surface area contributed by atoms with E-state index in [0.29, 0.717) is 19.3 Å². The second-order valence-electron chi connectivity index (χ2n) is 20.1. The molecule has 0 aromatic rings. The van der Waals surface area contributed by atoms with Crippen LogP contribution in [0.1, 0.15) is 323 Å². The lowest BCUT2D eigenvalue weighted by Crippen LogP contribution is -2.30. The SMILES string of the molecule is CCCCCCCCCCCCCCCCCCCC(=O)OC[C@H](COC(=O)CCCCCCCCCCCCCCCC)OC(=O)CCCCCCCCCCCCCC(C)C. The summed E-state index contributed by atoms with van der Waals surface area (Å²) in [4.78, 5) is 38.1. The van der Waals surface area contributed by atoms with Crippen LogP contribution in [0.2, 0.25) is 0 Å². The molecule has 0 saturated carbocycles. The van der Waals surface area contributed by atoms with Crippen molar-refractivity contribution in [3.63, 3.8) is 0 Å². The molecule has 0 heterocycles. The van der Waals surface area contributed by atoms with Gasteiger partial charge < -0.3 is 14.2 Å². The van der Waals surface area contributed by atoms with Crippen molar-refractivity contribution in [1.29, 1.82) is 0 Å². The maximum absolute atomic E-state index is 12.8. The Kier molecular flexibility index (Phi) is 50.1. The highest BCUT2D eigenvalue weighted by molar-refractivity contribution is 5.71. The van der Waals surface area contributed by atoms with E-state index < -0.39 is 6.10 Å². The van der Waals surface area contributed by atoms with Gasteiger partial charge in [0.25, 0.3) is 0 Å². The molecule has 1 atom stereocenters. The number of ether oxygens (including phenoxy) is 3.